The lowest BCUT2D eigenvalue weighted by Gasteiger charge is -2.11. The van der Waals surface area contributed by atoms with E-state index in [1.54, 1.807) is 6.07 Å². The molecule has 1 aromatic heterocycles. The lowest BCUT2D eigenvalue weighted by Crippen LogP contribution is -2.19. The number of hydrogen-bond acceptors (Lipinski definition) is 5. The van der Waals surface area contributed by atoms with Crippen molar-refractivity contribution in [2.45, 2.75) is 13.8 Å². The van der Waals surface area contributed by atoms with Crippen molar-refractivity contribution in [2.24, 2.45) is 0 Å². The van der Waals surface area contributed by atoms with Crippen molar-refractivity contribution < 1.29 is 14.3 Å². The van der Waals surface area contributed by atoms with E-state index in [0.29, 0.717) is 29.8 Å². The summed E-state index contributed by atoms with van der Waals surface area (Å²) >= 11 is 1.37. The number of nitrogens with zero attached hydrogens (tertiary/aromatic N) is 1. The van der Waals surface area contributed by atoms with Gasteiger partial charge in [0.1, 0.15) is 11.5 Å². The SMILES string of the molecule is CCOc1ccc(-c2csc(NC(=O)Nc3ccccc3OCC)n2)cc1. The molecule has 3 rings (SSSR count). The van der Waals surface area contributed by atoms with Crippen LogP contribution in [0.15, 0.2) is 53.9 Å². The van der Waals surface area contributed by atoms with Crippen molar-refractivity contribution in [3.63, 3.8) is 0 Å². The molecule has 6 nitrogen and oxygen atoms in total. The van der Waals surface area contributed by atoms with Crippen molar-refractivity contribution in [3.05, 3.63) is 53.9 Å². The number of nitrogens with one attached hydrogen (secondary N) is 2. The third-order valence-electron chi connectivity index (χ3n) is 3.62. The van der Waals surface area contributed by atoms with E-state index in [9.17, 15) is 4.79 Å². The first-order chi connectivity index (χ1) is 13.2. The number of urea groups is 1. The summed E-state index contributed by atoms with van der Waals surface area (Å²) in [6.07, 6.45) is 0. The topological polar surface area (TPSA) is 72.5 Å². The first-order valence-corrected chi connectivity index (χ1v) is 9.56. The van der Waals surface area contributed by atoms with Crippen LogP contribution in [0.4, 0.5) is 15.6 Å². The number of carbonyl (C=O) groups is 1. The van der Waals surface area contributed by atoms with Gasteiger partial charge in [0.25, 0.3) is 0 Å². The molecule has 0 fully saturated rings. The predicted octanol–water partition coefficient (Wildman–Crippen LogP) is 5.25. The molecule has 7 heteroatoms. The van der Waals surface area contributed by atoms with Gasteiger partial charge in [-0.1, -0.05) is 12.1 Å². The van der Waals surface area contributed by atoms with E-state index in [1.165, 1.54) is 11.3 Å². The lowest BCUT2D eigenvalue weighted by molar-refractivity contribution is 0.262. The molecule has 0 saturated heterocycles. The Morgan fingerprint density at radius 1 is 1.00 bits per heavy atom. The minimum Gasteiger partial charge on any atom is -0.494 e. The van der Waals surface area contributed by atoms with E-state index in [0.717, 1.165) is 17.0 Å². The second-order valence-corrected chi connectivity index (χ2v) is 6.36. The Labute approximate surface area is 162 Å². The fourth-order valence-corrected chi connectivity index (χ4v) is 3.17. The molecule has 0 atom stereocenters. The Morgan fingerprint density at radius 3 is 2.48 bits per heavy atom. The molecule has 0 unspecified atom stereocenters. The Kier molecular flexibility index (Phi) is 6.27. The third-order valence-corrected chi connectivity index (χ3v) is 4.38. The van der Waals surface area contributed by atoms with Crippen molar-refractivity contribution >= 4 is 28.2 Å². The maximum absolute atomic E-state index is 12.3. The number of thiazole rings is 1. The number of anilines is 2. The maximum Gasteiger partial charge on any atom is 0.325 e. The van der Waals surface area contributed by atoms with Crippen LogP contribution in [0.2, 0.25) is 0 Å². The zero-order valence-corrected chi connectivity index (χ0v) is 16.0. The van der Waals surface area contributed by atoms with E-state index in [2.05, 4.69) is 15.6 Å². The molecule has 3 aromatic rings. The highest BCUT2D eigenvalue weighted by Crippen LogP contribution is 2.27. The minimum absolute atomic E-state index is 0.366. The summed E-state index contributed by atoms with van der Waals surface area (Å²) in [5.41, 5.74) is 2.37. The van der Waals surface area contributed by atoms with Crippen LogP contribution in [0.1, 0.15) is 13.8 Å². The normalized spacial score (nSPS) is 10.3. The largest absolute Gasteiger partial charge is 0.494 e. The molecule has 2 aromatic carbocycles. The zero-order valence-electron chi connectivity index (χ0n) is 15.2. The van der Waals surface area contributed by atoms with Gasteiger partial charge in [0.2, 0.25) is 0 Å². The molecule has 27 heavy (non-hydrogen) atoms. The molecule has 0 bridgehead atoms. The van der Waals surface area contributed by atoms with Gasteiger partial charge in [-0.15, -0.1) is 11.3 Å². The van der Waals surface area contributed by atoms with Crippen LogP contribution < -0.4 is 20.1 Å². The molecule has 140 valence electrons. The average Bonchev–Trinajstić information content (AvgIpc) is 3.13. The van der Waals surface area contributed by atoms with Crippen molar-refractivity contribution in [1.29, 1.82) is 0 Å². The quantitative estimate of drug-likeness (QED) is 0.584. The average molecular weight is 383 g/mol. The van der Waals surface area contributed by atoms with Crippen LogP contribution in [-0.4, -0.2) is 24.2 Å². The smallest absolute Gasteiger partial charge is 0.325 e. The van der Waals surface area contributed by atoms with E-state index in [-0.39, 0.29) is 6.03 Å². The standard InChI is InChI=1S/C20H21N3O3S/c1-3-25-15-11-9-14(10-12-15)17-13-27-20(22-17)23-19(24)21-16-7-5-6-8-18(16)26-4-2/h5-13H,3-4H2,1-2H3,(H2,21,22,23,24). The molecule has 0 radical (unpaired) electrons. The Morgan fingerprint density at radius 2 is 1.74 bits per heavy atom. The molecule has 0 aliphatic heterocycles. The van der Waals surface area contributed by atoms with Gasteiger partial charge in [-0.3, -0.25) is 5.32 Å². The highest BCUT2D eigenvalue weighted by atomic mass is 32.1. The monoisotopic (exact) mass is 383 g/mol. The molecule has 0 aliphatic rings. The van der Waals surface area contributed by atoms with Crippen molar-refractivity contribution in [1.82, 2.24) is 4.98 Å². The van der Waals surface area contributed by atoms with Gasteiger partial charge in [0.05, 0.1) is 24.6 Å². The summed E-state index contributed by atoms with van der Waals surface area (Å²) in [5, 5.41) is 7.97. The van der Waals surface area contributed by atoms with Crippen molar-refractivity contribution in [2.75, 3.05) is 23.8 Å². The molecular weight excluding hydrogens is 362 g/mol. The Hall–Kier alpha value is -3.06. The molecule has 0 spiro atoms. The highest BCUT2D eigenvalue weighted by molar-refractivity contribution is 7.14. The summed E-state index contributed by atoms with van der Waals surface area (Å²) in [7, 11) is 0. The van der Waals surface area contributed by atoms with Gasteiger partial charge in [-0.05, 0) is 50.2 Å². The first-order valence-electron chi connectivity index (χ1n) is 8.68. The first kappa shape index (κ1) is 18.7. The van der Waals surface area contributed by atoms with Crippen LogP contribution in [0.3, 0.4) is 0 Å². The van der Waals surface area contributed by atoms with Gasteiger partial charge in [0, 0.05) is 10.9 Å². The highest BCUT2D eigenvalue weighted by Gasteiger charge is 2.10. The number of carbonyl (C=O) groups excluding carboxylic acids is 1. The number of ether oxygens (including phenoxy) is 2. The van der Waals surface area contributed by atoms with Crippen LogP contribution in [0.5, 0.6) is 11.5 Å². The number of aromatic nitrogens is 1. The third kappa shape index (κ3) is 4.98. The number of rotatable bonds is 7. The Bertz CT molecular complexity index is 893. The summed E-state index contributed by atoms with van der Waals surface area (Å²) in [6.45, 7) is 5.00. The fraction of sp³-hybridized carbons (Fsp3) is 0.200. The molecule has 2 N–H and O–H groups in total. The molecule has 2 amide bonds. The summed E-state index contributed by atoms with van der Waals surface area (Å²) in [6, 6.07) is 14.6. The number of para-hydroxylation sites is 2. The molecular formula is C20H21N3O3S. The van der Waals surface area contributed by atoms with Gasteiger partial charge >= 0.3 is 6.03 Å². The molecule has 1 heterocycles. The summed E-state index contributed by atoms with van der Waals surface area (Å²) < 4.78 is 11.0. The minimum atomic E-state index is -0.366. The number of hydrogen-bond donors (Lipinski definition) is 2. The second kappa shape index (κ2) is 9.05. The van der Waals surface area contributed by atoms with Gasteiger partial charge in [0.15, 0.2) is 5.13 Å². The van der Waals surface area contributed by atoms with E-state index in [4.69, 9.17) is 9.47 Å². The Balaban J connectivity index is 1.64. The van der Waals surface area contributed by atoms with E-state index < -0.39 is 0 Å². The van der Waals surface area contributed by atoms with E-state index in [1.807, 2.05) is 61.7 Å². The van der Waals surface area contributed by atoms with Crippen LogP contribution in [-0.2, 0) is 0 Å². The van der Waals surface area contributed by atoms with Crippen molar-refractivity contribution in [3.8, 4) is 22.8 Å². The molecule has 0 saturated carbocycles. The van der Waals surface area contributed by atoms with Gasteiger partial charge in [-0.2, -0.15) is 0 Å². The summed E-state index contributed by atoms with van der Waals surface area (Å²) in [5.74, 6) is 1.45. The van der Waals surface area contributed by atoms with Crippen LogP contribution in [0, 0.1) is 0 Å². The van der Waals surface area contributed by atoms with Crippen LogP contribution >= 0.6 is 11.3 Å². The lowest BCUT2D eigenvalue weighted by atomic mass is 10.2. The number of benzene rings is 2. The molecule has 0 aliphatic carbocycles. The van der Waals surface area contributed by atoms with E-state index >= 15 is 0 Å². The zero-order chi connectivity index (χ0) is 19.1. The van der Waals surface area contributed by atoms with Crippen LogP contribution in [0.25, 0.3) is 11.3 Å². The van der Waals surface area contributed by atoms with Gasteiger partial charge < -0.3 is 14.8 Å². The fourth-order valence-electron chi connectivity index (χ4n) is 2.45. The number of amides is 2. The van der Waals surface area contributed by atoms with Gasteiger partial charge in [-0.25, -0.2) is 9.78 Å². The second-order valence-electron chi connectivity index (χ2n) is 5.50. The maximum atomic E-state index is 12.3. The predicted molar refractivity (Wildman–Crippen MR) is 109 cm³/mol. The summed E-state index contributed by atoms with van der Waals surface area (Å²) in [4.78, 5) is 16.7.